The molecule has 0 aromatic rings. The number of carbonyl (C=O) groups is 1. The van der Waals surface area contributed by atoms with Crippen LogP contribution in [0.25, 0.3) is 0 Å². The Labute approximate surface area is 127 Å². The number of likely N-dealkylation sites (tertiary alicyclic amines) is 1. The second-order valence-corrected chi connectivity index (χ2v) is 5.15. The number of aliphatic hydroxyl groups excluding tert-OH is 1. The summed E-state index contributed by atoms with van der Waals surface area (Å²) in [5.74, 6) is 0.0267. The summed E-state index contributed by atoms with van der Waals surface area (Å²) in [4.78, 5) is 13.5. The van der Waals surface area contributed by atoms with Gasteiger partial charge in [0.05, 0.1) is 6.61 Å². The first-order valence-electron chi connectivity index (χ1n) is 6.55. The first kappa shape index (κ1) is 18.9. The van der Waals surface area contributed by atoms with Crippen LogP contribution in [-0.2, 0) is 4.79 Å². The van der Waals surface area contributed by atoms with E-state index in [4.69, 9.17) is 0 Å². The number of carbonyl (C=O) groups excluding carboxylic acids is 1. The zero-order valence-electron chi connectivity index (χ0n) is 11.3. The lowest BCUT2D eigenvalue weighted by molar-refractivity contribution is -0.119. The molecule has 0 unspecified atom stereocenters. The second-order valence-electron chi connectivity index (χ2n) is 5.15. The molecule has 2 fully saturated rings. The molecule has 2 heterocycles. The Kier molecular flexibility index (Phi) is 8.94. The van der Waals surface area contributed by atoms with E-state index in [-0.39, 0.29) is 49.4 Å². The highest BCUT2D eigenvalue weighted by Gasteiger charge is 2.36. The Morgan fingerprint density at radius 3 is 2.53 bits per heavy atom. The predicted octanol–water partition coefficient (Wildman–Crippen LogP) is 0.153. The number of nitrogens with zero attached hydrogens (tertiary/aromatic N) is 1. The summed E-state index contributed by atoms with van der Waals surface area (Å²) in [6.07, 6.45) is 3.16. The Morgan fingerprint density at radius 2 is 2.00 bits per heavy atom. The van der Waals surface area contributed by atoms with Crippen molar-refractivity contribution >= 4 is 30.7 Å². The zero-order valence-corrected chi connectivity index (χ0v) is 12.9. The third kappa shape index (κ3) is 5.08. The first-order chi connectivity index (χ1) is 8.20. The number of piperidine rings is 1. The number of nitrogens with one attached hydrogen (secondary N) is 2. The highest BCUT2D eigenvalue weighted by molar-refractivity contribution is 5.85. The molecule has 2 rings (SSSR count). The SMILES string of the molecule is CC(=O)N[C@@H]1C[C@@H](CO)N(C2CCNCC2)C1.Cl.Cl. The molecule has 0 aromatic carbocycles. The molecule has 1 amide bonds. The number of hydrogen-bond donors (Lipinski definition) is 3. The van der Waals surface area contributed by atoms with Crippen LogP contribution in [0.1, 0.15) is 26.2 Å². The Morgan fingerprint density at radius 1 is 1.37 bits per heavy atom. The van der Waals surface area contributed by atoms with Crippen molar-refractivity contribution in [2.24, 2.45) is 0 Å². The molecule has 2 aliphatic heterocycles. The Bertz CT molecular complexity index is 276. The summed E-state index contributed by atoms with van der Waals surface area (Å²) < 4.78 is 0. The summed E-state index contributed by atoms with van der Waals surface area (Å²) in [6, 6.07) is 0.988. The second kappa shape index (κ2) is 8.97. The summed E-state index contributed by atoms with van der Waals surface area (Å²) in [6.45, 7) is 4.75. The molecule has 19 heavy (non-hydrogen) atoms. The van der Waals surface area contributed by atoms with Gasteiger partial charge in [-0.1, -0.05) is 0 Å². The van der Waals surface area contributed by atoms with E-state index in [2.05, 4.69) is 15.5 Å². The lowest BCUT2D eigenvalue weighted by Gasteiger charge is -2.35. The average molecular weight is 314 g/mol. The fraction of sp³-hybridized carbons (Fsp3) is 0.917. The highest BCUT2D eigenvalue weighted by Crippen LogP contribution is 2.24. The Balaban J connectivity index is 0.00000162. The van der Waals surface area contributed by atoms with Gasteiger partial charge in [-0.05, 0) is 32.4 Å². The van der Waals surface area contributed by atoms with E-state index in [1.54, 1.807) is 6.92 Å². The van der Waals surface area contributed by atoms with Crippen LogP contribution in [0.4, 0.5) is 0 Å². The molecule has 0 bridgehead atoms. The molecule has 2 atom stereocenters. The molecule has 114 valence electrons. The molecule has 0 spiro atoms. The third-order valence-electron chi connectivity index (χ3n) is 3.85. The maximum Gasteiger partial charge on any atom is 0.217 e. The number of rotatable bonds is 3. The van der Waals surface area contributed by atoms with Crippen LogP contribution in [-0.4, -0.2) is 60.3 Å². The predicted molar refractivity (Wildman–Crippen MR) is 80.2 cm³/mol. The number of halogens is 2. The molecule has 2 saturated heterocycles. The quantitative estimate of drug-likeness (QED) is 0.694. The van der Waals surface area contributed by atoms with Gasteiger partial charge in [0, 0.05) is 31.6 Å². The molecule has 2 aliphatic rings. The van der Waals surface area contributed by atoms with Crippen molar-refractivity contribution in [3.05, 3.63) is 0 Å². The van der Waals surface area contributed by atoms with E-state index in [1.807, 2.05) is 0 Å². The van der Waals surface area contributed by atoms with Gasteiger partial charge in [0.25, 0.3) is 0 Å². The summed E-state index contributed by atoms with van der Waals surface area (Å²) in [5, 5.41) is 15.8. The van der Waals surface area contributed by atoms with Crippen LogP contribution < -0.4 is 10.6 Å². The third-order valence-corrected chi connectivity index (χ3v) is 3.85. The highest BCUT2D eigenvalue weighted by atomic mass is 35.5. The standard InChI is InChI=1S/C12H23N3O2.2ClH/c1-9(17)14-10-6-12(8-16)15(7-10)11-2-4-13-5-3-11;;/h10-13,16H,2-8H2,1H3,(H,14,17);2*1H/t10-,12+;;/m1../s1. The summed E-state index contributed by atoms with van der Waals surface area (Å²) in [5.41, 5.74) is 0. The van der Waals surface area contributed by atoms with E-state index in [0.717, 1.165) is 38.9 Å². The van der Waals surface area contributed by atoms with Gasteiger partial charge in [0.2, 0.25) is 5.91 Å². The number of amides is 1. The van der Waals surface area contributed by atoms with Gasteiger partial charge in [-0.25, -0.2) is 0 Å². The molecule has 0 aliphatic carbocycles. The van der Waals surface area contributed by atoms with E-state index < -0.39 is 0 Å². The smallest absolute Gasteiger partial charge is 0.217 e. The maximum absolute atomic E-state index is 11.1. The fourth-order valence-electron chi connectivity index (χ4n) is 3.10. The van der Waals surface area contributed by atoms with E-state index in [0.29, 0.717) is 6.04 Å². The molecule has 0 aromatic heterocycles. The van der Waals surface area contributed by atoms with Crippen LogP contribution in [0, 0.1) is 0 Å². The van der Waals surface area contributed by atoms with E-state index in [9.17, 15) is 9.90 Å². The normalized spacial score (nSPS) is 28.3. The molecular formula is C12H25Cl2N3O2. The molecule has 0 saturated carbocycles. The average Bonchev–Trinajstić information content (AvgIpc) is 2.72. The topological polar surface area (TPSA) is 64.6 Å². The van der Waals surface area contributed by atoms with Crippen LogP contribution in [0.3, 0.4) is 0 Å². The van der Waals surface area contributed by atoms with Crippen molar-refractivity contribution in [1.82, 2.24) is 15.5 Å². The van der Waals surface area contributed by atoms with Gasteiger partial charge in [-0.15, -0.1) is 24.8 Å². The van der Waals surface area contributed by atoms with Crippen molar-refractivity contribution in [1.29, 1.82) is 0 Å². The van der Waals surface area contributed by atoms with Crippen molar-refractivity contribution < 1.29 is 9.90 Å². The lowest BCUT2D eigenvalue weighted by atomic mass is 10.0. The van der Waals surface area contributed by atoms with Gasteiger partial charge < -0.3 is 15.7 Å². The minimum absolute atomic E-state index is 0. The summed E-state index contributed by atoms with van der Waals surface area (Å²) in [7, 11) is 0. The van der Waals surface area contributed by atoms with Crippen LogP contribution >= 0.6 is 24.8 Å². The molecular weight excluding hydrogens is 289 g/mol. The van der Waals surface area contributed by atoms with Crippen molar-refractivity contribution in [2.75, 3.05) is 26.2 Å². The van der Waals surface area contributed by atoms with Crippen molar-refractivity contribution in [2.45, 2.75) is 44.3 Å². The van der Waals surface area contributed by atoms with Gasteiger partial charge in [-0.3, -0.25) is 9.69 Å². The largest absolute Gasteiger partial charge is 0.395 e. The monoisotopic (exact) mass is 313 g/mol. The zero-order chi connectivity index (χ0) is 12.3. The van der Waals surface area contributed by atoms with Gasteiger partial charge >= 0.3 is 0 Å². The van der Waals surface area contributed by atoms with Crippen molar-refractivity contribution in [3.63, 3.8) is 0 Å². The molecule has 3 N–H and O–H groups in total. The van der Waals surface area contributed by atoms with Crippen molar-refractivity contribution in [3.8, 4) is 0 Å². The molecule has 7 heteroatoms. The summed E-state index contributed by atoms with van der Waals surface area (Å²) >= 11 is 0. The maximum atomic E-state index is 11.1. The van der Waals surface area contributed by atoms with Gasteiger partial charge in [0.15, 0.2) is 0 Å². The minimum Gasteiger partial charge on any atom is -0.395 e. The van der Waals surface area contributed by atoms with E-state index >= 15 is 0 Å². The van der Waals surface area contributed by atoms with Crippen LogP contribution in [0.15, 0.2) is 0 Å². The molecule has 0 radical (unpaired) electrons. The van der Waals surface area contributed by atoms with Crippen LogP contribution in [0.5, 0.6) is 0 Å². The first-order valence-corrected chi connectivity index (χ1v) is 6.55. The molecule has 5 nitrogen and oxygen atoms in total. The van der Waals surface area contributed by atoms with Gasteiger partial charge in [-0.2, -0.15) is 0 Å². The minimum atomic E-state index is 0. The van der Waals surface area contributed by atoms with Gasteiger partial charge in [0.1, 0.15) is 0 Å². The van der Waals surface area contributed by atoms with E-state index in [1.165, 1.54) is 0 Å². The number of hydrogen-bond acceptors (Lipinski definition) is 4. The number of aliphatic hydroxyl groups is 1. The van der Waals surface area contributed by atoms with Crippen LogP contribution in [0.2, 0.25) is 0 Å². The Hall–Kier alpha value is -0.0700. The lowest BCUT2D eigenvalue weighted by Crippen LogP contribution is -2.47. The fourth-order valence-corrected chi connectivity index (χ4v) is 3.10.